The van der Waals surface area contributed by atoms with E-state index in [1.807, 2.05) is 11.8 Å². The van der Waals surface area contributed by atoms with Crippen LogP contribution in [0.2, 0.25) is 0 Å². The summed E-state index contributed by atoms with van der Waals surface area (Å²) in [4.78, 5) is 0. The molecule has 0 N–H and O–H groups in total. The van der Waals surface area contributed by atoms with Gasteiger partial charge in [0.25, 0.3) is 0 Å². The second-order valence-corrected chi connectivity index (χ2v) is 5.23. The van der Waals surface area contributed by atoms with Crippen LogP contribution in [-0.4, -0.2) is 11.5 Å². The van der Waals surface area contributed by atoms with Crippen LogP contribution in [0.5, 0.6) is 0 Å². The largest absolute Gasteiger partial charge is 0.179 e. The Hall–Kier alpha value is -0.0800. The predicted molar refractivity (Wildman–Crippen MR) is 74.9 cm³/mol. The van der Waals surface area contributed by atoms with Gasteiger partial charge in [0.1, 0.15) is 0 Å². The summed E-state index contributed by atoms with van der Waals surface area (Å²) in [6.07, 6.45) is 5.33. The smallest absolute Gasteiger partial charge is 0.0184 e. The van der Waals surface area contributed by atoms with Gasteiger partial charge in [-0.3, -0.25) is 0 Å². The first-order valence-electron chi connectivity index (χ1n) is 5.66. The molecule has 0 saturated heterocycles. The average molecular weight is 240 g/mol. The van der Waals surface area contributed by atoms with Crippen molar-refractivity contribution in [1.82, 2.24) is 0 Å². The van der Waals surface area contributed by atoms with Crippen molar-refractivity contribution in [2.24, 2.45) is 0 Å². The Morgan fingerprint density at radius 2 is 1.67 bits per heavy atom. The van der Waals surface area contributed by atoms with Crippen molar-refractivity contribution in [3.05, 3.63) is 35.9 Å². The standard InChI is InChI=1S/C13H20S2/c14-10-6-1-2-7-11-15-12-13-8-4-3-5-9-13/h3-5,8-9,14H,1-2,6-7,10-12H2. The summed E-state index contributed by atoms with van der Waals surface area (Å²) < 4.78 is 0. The van der Waals surface area contributed by atoms with Crippen LogP contribution in [0.1, 0.15) is 31.2 Å². The lowest BCUT2D eigenvalue weighted by Crippen LogP contribution is -1.85. The fraction of sp³-hybridized carbons (Fsp3) is 0.538. The van der Waals surface area contributed by atoms with Crippen LogP contribution >= 0.6 is 24.4 Å². The van der Waals surface area contributed by atoms with Gasteiger partial charge in [0.2, 0.25) is 0 Å². The summed E-state index contributed by atoms with van der Waals surface area (Å²) in [6.45, 7) is 0. The molecule has 0 radical (unpaired) electrons. The maximum atomic E-state index is 4.21. The molecule has 2 heteroatoms. The Labute approximate surface area is 103 Å². The summed E-state index contributed by atoms with van der Waals surface area (Å²) in [5, 5.41) is 0. The molecule has 0 nitrogen and oxygen atoms in total. The molecular weight excluding hydrogens is 220 g/mol. The summed E-state index contributed by atoms with van der Waals surface area (Å²) in [6, 6.07) is 10.7. The van der Waals surface area contributed by atoms with Crippen LogP contribution in [0.15, 0.2) is 30.3 Å². The number of thiol groups is 1. The van der Waals surface area contributed by atoms with Crippen molar-refractivity contribution >= 4 is 24.4 Å². The Kier molecular flexibility index (Phi) is 7.94. The molecule has 1 rings (SSSR count). The molecule has 0 unspecified atom stereocenters. The summed E-state index contributed by atoms with van der Waals surface area (Å²) >= 11 is 6.25. The van der Waals surface area contributed by atoms with E-state index >= 15 is 0 Å². The highest BCUT2D eigenvalue weighted by atomic mass is 32.2. The van der Waals surface area contributed by atoms with Crippen molar-refractivity contribution in [1.29, 1.82) is 0 Å². The summed E-state index contributed by atoms with van der Waals surface area (Å²) in [5.41, 5.74) is 1.44. The minimum Gasteiger partial charge on any atom is -0.179 e. The van der Waals surface area contributed by atoms with Crippen LogP contribution < -0.4 is 0 Å². The summed E-state index contributed by atoms with van der Waals surface area (Å²) in [5.74, 6) is 3.49. The fourth-order valence-corrected chi connectivity index (χ4v) is 2.64. The number of unbranched alkanes of at least 4 members (excludes halogenated alkanes) is 3. The lowest BCUT2D eigenvalue weighted by Gasteiger charge is -2.01. The van der Waals surface area contributed by atoms with E-state index in [4.69, 9.17) is 0 Å². The topological polar surface area (TPSA) is 0 Å². The number of thioether (sulfide) groups is 1. The van der Waals surface area contributed by atoms with Gasteiger partial charge in [-0.2, -0.15) is 24.4 Å². The lowest BCUT2D eigenvalue weighted by atomic mass is 10.2. The molecule has 15 heavy (non-hydrogen) atoms. The molecule has 1 aromatic rings. The fourth-order valence-electron chi connectivity index (χ4n) is 1.43. The molecule has 0 aliphatic heterocycles. The SMILES string of the molecule is SCCCCCCSCc1ccccc1. The molecule has 84 valence electrons. The maximum absolute atomic E-state index is 4.21. The molecule has 0 saturated carbocycles. The first-order valence-corrected chi connectivity index (χ1v) is 7.44. The van der Waals surface area contributed by atoms with Gasteiger partial charge >= 0.3 is 0 Å². The van der Waals surface area contributed by atoms with Crippen molar-refractivity contribution in [2.75, 3.05) is 11.5 Å². The quantitative estimate of drug-likeness (QED) is 0.519. The number of hydrogen-bond donors (Lipinski definition) is 1. The second-order valence-electron chi connectivity index (χ2n) is 3.68. The predicted octanol–water partition coefficient (Wildman–Crippen LogP) is 4.41. The zero-order valence-corrected chi connectivity index (χ0v) is 10.9. The Balaban J connectivity index is 1.93. The Bertz CT molecular complexity index is 234. The van der Waals surface area contributed by atoms with Crippen LogP contribution in [-0.2, 0) is 5.75 Å². The van der Waals surface area contributed by atoms with E-state index in [2.05, 4.69) is 43.0 Å². The number of hydrogen-bond acceptors (Lipinski definition) is 2. The molecule has 0 spiro atoms. The summed E-state index contributed by atoms with van der Waals surface area (Å²) in [7, 11) is 0. The van der Waals surface area contributed by atoms with Crippen LogP contribution in [0.3, 0.4) is 0 Å². The van der Waals surface area contributed by atoms with E-state index in [0.717, 1.165) is 11.5 Å². The highest BCUT2D eigenvalue weighted by Gasteiger charge is 1.93. The first kappa shape index (κ1) is 13.0. The normalized spacial score (nSPS) is 10.5. The van der Waals surface area contributed by atoms with Crippen molar-refractivity contribution in [2.45, 2.75) is 31.4 Å². The molecule has 0 fully saturated rings. The second kappa shape index (κ2) is 9.17. The zero-order chi connectivity index (χ0) is 10.8. The van der Waals surface area contributed by atoms with Gasteiger partial charge in [-0.25, -0.2) is 0 Å². The number of benzene rings is 1. The minimum absolute atomic E-state index is 1.04. The van der Waals surface area contributed by atoms with E-state index < -0.39 is 0 Å². The maximum Gasteiger partial charge on any atom is 0.0184 e. The molecule has 0 aromatic heterocycles. The van der Waals surface area contributed by atoms with Crippen LogP contribution in [0.4, 0.5) is 0 Å². The molecular formula is C13H20S2. The Morgan fingerprint density at radius 1 is 0.933 bits per heavy atom. The van der Waals surface area contributed by atoms with Gasteiger partial charge < -0.3 is 0 Å². The molecule has 1 aromatic carbocycles. The Morgan fingerprint density at radius 3 is 2.40 bits per heavy atom. The highest BCUT2D eigenvalue weighted by molar-refractivity contribution is 7.98. The van der Waals surface area contributed by atoms with Crippen molar-refractivity contribution < 1.29 is 0 Å². The molecule has 0 heterocycles. The van der Waals surface area contributed by atoms with Crippen molar-refractivity contribution in [3.8, 4) is 0 Å². The lowest BCUT2D eigenvalue weighted by molar-refractivity contribution is 0.712. The molecule has 0 bridgehead atoms. The van der Waals surface area contributed by atoms with Gasteiger partial charge in [0, 0.05) is 5.75 Å². The van der Waals surface area contributed by atoms with Crippen molar-refractivity contribution in [3.63, 3.8) is 0 Å². The zero-order valence-electron chi connectivity index (χ0n) is 9.19. The van der Waals surface area contributed by atoms with E-state index in [1.165, 1.54) is 37.0 Å². The third-order valence-corrected chi connectivity index (χ3v) is 3.74. The van der Waals surface area contributed by atoms with Gasteiger partial charge in [-0.1, -0.05) is 43.2 Å². The minimum atomic E-state index is 1.04. The molecule has 0 amide bonds. The molecule has 0 aliphatic carbocycles. The van der Waals surface area contributed by atoms with E-state index in [0.29, 0.717) is 0 Å². The van der Waals surface area contributed by atoms with E-state index in [1.54, 1.807) is 0 Å². The third kappa shape index (κ3) is 6.91. The van der Waals surface area contributed by atoms with E-state index in [-0.39, 0.29) is 0 Å². The van der Waals surface area contributed by atoms with Gasteiger partial charge in [-0.15, -0.1) is 0 Å². The highest BCUT2D eigenvalue weighted by Crippen LogP contribution is 2.14. The first-order chi connectivity index (χ1) is 7.43. The molecule has 0 aliphatic rings. The van der Waals surface area contributed by atoms with Gasteiger partial charge in [0.15, 0.2) is 0 Å². The van der Waals surface area contributed by atoms with E-state index in [9.17, 15) is 0 Å². The monoisotopic (exact) mass is 240 g/mol. The third-order valence-electron chi connectivity index (χ3n) is 2.31. The number of rotatable bonds is 8. The van der Waals surface area contributed by atoms with Gasteiger partial charge in [0.05, 0.1) is 0 Å². The van der Waals surface area contributed by atoms with Gasteiger partial charge in [-0.05, 0) is 29.9 Å². The van der Waals surface area contributed by atoms with Crippen LogP contribution in [0.25, 0.3) is 0 Å². The average Bonchev–Trinajstić information content (AvgIpc) is 2.29. The molecule has 0 atom stereocenters. The van der Waals surface area contributed by atoms with Crippen LogP contribution in [0, 0.1) is 0 Å².